The van der Waals surface area contributed by atoms with Gasteiger partial charge in [0.2, 0.25) is 0 Å². The predicted molar refractivity (Wildman–Crippen MR) is 74.9 cm³/mol. The molecule has 0 fully saturated rings. The van der Waals surface area contributed by atoms with Gasteiger partial charge in [-0.15, -0.1) is 0 Å². The molecule has 1 aromatic heterocycles. The lowest BCUT2D eigenvalue weighted by atomic mass is 9.92. The second kappa shape index (κ2) is 6.01. The monoisotopic (exact) mass is 266 g/mol. The fourth-order valence-electron chi connectivity index (χ4n) is 2.37. The maximum Gasteiger partial charge on any atom is 0.176 e. The number of methoxy groups -OCH3 is 1. The highest BCUT2D eigenvalue weighted by molar-refractivity contribution is 4.97. The molecule has 0 aromatic carbocycles. The zero-order valence-electron chi connectivity index (χ0n) is 12.6. The molecule has 0 bridgehead atoms. The minimum absolute atomic E-state index is 0.395. The Hall–Kier alpha value is -0.940. The quantitative estimate of drug-likeness (QED) is 0.882. The Bertz CT molecular complexity index is 408. The number of nitrogens with one attached hydrogen (secondary N) is 1. The summed E-state index contributed by atoms with van der Waals surface area (Å²) in [6.45, 7) is 9.34. The summed E-state index contributed by atoms with van der Waals surface area (Å²) < 4.78 is 7.12. The van der Waals surface area contributed by atoms with Crippen LogP contribution in [-0.4, -0.2) is 34.5 Å². The number of rotatable bonds is 5. The van der Waals surface area contributed by atoms with Crippen molar-refractivity contribution in [2.75, 3.05) is 13.7 Å². The Morgan fingerprint density at radius 2 is 2.21 bits per heavy atom. The molecule has 1 N–H and O–H groups in total. The molecular formula is C14H26N4O. The van der Waals surface area contributed by atoms with Crippen molar-refractivity contribution >= 4 is 0 Å². The van der Waals surface area contributed by atoms with Gasteiger partial charge in [0.15, 0.2) is 5.82 Å². The van der Waals surface area contributed by atoms with Gasteiger partial charge in [-0.3, -0.25) is 0 Å². The average molecular weight is 266 g/mol. The SMILES string of the molecule is COCc1nc2n(n1)C[C@H](NCCC(C)(C)C)CC2. The molecular weight excluding hydrogens is 240 g/mol. The normalized spacial score (nSPS) is 19.5. The third kappa shape index (κ3) is 4.28. The fourth-order valence-corrected chi connectivity index (χ4v) is 2.37. The maximum atomic E-state index is 5.08. The van der Waals surface area contributed by atoms with E-state index in [1.54, 1.807) is 7.11 Å². The third-order valence-electron chi connectivity index (χ3n) is 3.48. The topological polar surface area (TPSA) is 52.0 Å². The number of fused-ring (bicyclic) bond motifs is 1. The first-order chi connectivity index (χ1) is 8.98. The molecule has 0 saturated carbocycles. The Kier molecular flexibility index (Phi) is 4.58. The van der Waals surface area contributed by atoms with E-state index in [-0.39, 0.29) is 0 Å². The average Bonchev–Trinajstić information content (AvgIpc) is 2.69. The second-order valence-corrected chi connectivity index (χ2v) is 6.56. The largest absolute Gasteiger partial charge is 0.377 e. The van der Waals surface area contributed by atoms with E-state index < -0.39 is 0 Å². The molecule has 5 heteroatoms. The van der Waals surface area contributed by atoms with Crippen molar-refractivity contribution in [3.8, 4) is 0 Å². The van der Waals surface area contributed by atoms with Gasteiger partial charge in [0.05, 0.1) is 6.54 Å². The summed E-state index contributed by atoms with van der Waals surface area (Å²) in [6.07, 6.45) is 3.35. The molecule has 108 valence electrons. The summed E-state index contributed by atoms with van der Waals surface area (Å²) in [7, 11) is 1.68. The molecule has 2 heterocycles. The van der Waals surface area contributed by atoms with Crippen LogP contribution in [0.5, 0.6) is 0 Å². The molecule has 5 nitrogen and oxygen atoms in total. The fraction of sp³-hybridized carbons (Fsp3) is 0.857. The number of nitrogens with zero attached hydrogens (tertiary/aromatic N) is 3. The standard InChI is InChI=1S/C14H26N4O/c1-14(2,3)7-8-15-11-5-6-13-16-12(10-19-4)17-18(13)9-11/h11,15H,5-10H2,1-4H3/t11-/m1/s1. The van der Waals surface area contributed by atoms with E-state index in [4.69, 9.17) is 4.74 Å². The van der Waals surface area contributed by atoms with Crippen LogP contribution in [0.4, 0.5) is 0 Å². The van der Waals surface area contributed by atoms with Crippen molar-refractivity contribution < 1.29 is 4.74 Å². The number of aryl methyl sites for hydroxylation is 1. The van der Waals surface area contributed by atoms with E-state index >= 15 is 0 Å². The molecule has 1 atom stereocenters. The van der Waals surface area contributed by atoms with Crippen LogP contribution in [0.3, 0.4) is 0 Å². The molecule has 2 rings (SSSR count). The van der Waals surface area contributed by atoms with Gasteiger partial charge in [0.1, 0.15) is 12.4 Å². The van der Waals surface area contributed by atoms with Gasteiger partial charge in [-0.2, -0.15) is 5.10 Å². The third-order valence-corrected chi connectivity index (χ3v) is 3.48. The minimum atomic E-state index is 0.395. The minimum Gasteiger partial charge on any atom is -0.377 e. The van der Waals surface area contributed by atoms with Crippen molar-refractivity contribution in [2.24, 2.45) is 5.41 Å². The molecule has 0 saturated heterocycles. The molecule has 0 radical (unpaired) electrons. The van der Waals surface area contributed by atoms with Gasteiger partial charge in [-0.1, -0.05) is 20.8 Å². The van der Waals surface area contributed by atoms with E-state index in [9.17, 15) is 0 Å². The molecule has 1 aliphatic heterocycles. The number of hydrogen-bond acceptors (Lipinski definition) is 4. The first-order valence-corrected chi connectivity index (χ1v) is 7.13. The highest BCUT2D eigenvalue weighted by atomic mass is 16.5. The van der Waals surface area contributed by atoms with E-state index in [1.807, 2.05) is 4.68 Å². The van der Waals surface area contributed by atoms with E-state index in [1.165, 1.54) is 6.42 Å². The van der Waals surface area contributed by atoms with Gasteiger partial charge >= 0.3 is 0 Å². The van der Waals surface area contributed by atoms with Crippen LogP contribution in [0.15, 0.2) is 0 Å². The first-order valence-electron chi connectivity index (χ1n) is 7.13. The lowest BCUT2D eigenvalue weighted by Gasteiger charge is -2.25. The van der Waals surface area contributed by atoms with E-state index in [0.29, 0.717) is 18.1 Å². The number of ether oxygens (including phenoxy) is 1. The highest BCUT2D eigenvalue weighted by Crippen LogP contribution is 2.18. The summed E-state index contributed by atoms with van der Waals surface area (Å²) >= 11 is 0. The summed E-state index contributed by atoms with van der Waals surface area (Å²) in [5.74, 6) is 1.90. The van der Waals surface area contributed by atoms with Crippen molar-refractivity contribution in [3.05, 3.63) is 11.6 Å². The Morgan fingerprint density at radius 1 is 1.42 bits per heavy atom. The van der Waals surface area contributed by atoms with E-state index in [0.717, 1.165) is 37.6 Å². The molecule has 0 aliphatic carbocycles. The number of hydrogen-bond donors (Lipinski definition) is 1. The first kappa shape index (κ1) is 14.5. The van der Waals surface area contributed by atoms with Crippen LogP contribution in [0.2, 0.25) is 0 Å². The molecule has 0 amide bonds. The molecule has 1 aliphatic rings. The zero-order valence-corrected chi connectivity index (χ0v) is 12.6. The van der Waals surface area contributed by atoms with Crippen LogP contribution in [0.1, 0.15) is 45.3 Å². The van der Waals surface area contributed by atoms with Crippen molar-refractivity contribution in [1.82, 2.24) is 20.1 Å². The lowest BCUT2D eigenvalue weighted by molar-refractivity contribution is 0.177. The van der Waals surface area contributed by atoms with Gasteiger partial charge in [-0.25, -0.2) is 9.67 Å². The van der Waals surface area contributed by atoms with Crippen LogP contribution in [0.25, 0.3) is 0 Å². The van der Waals surface area contributed by atoms with Crippen molar-refractivity contribution in [3.63, 3.8) is 0 Å². The van der Waals surface area contributed by atoms with Crippen LogP contribution in [-0.2, 0) is 24.3 Å². The Morgan fingerprint density at radius 3 is 2.89 bits per heavy atom. The van der Waals surface area contributed by atoms with Crippen LogP contribution < -0.4 is 5.32 Å². The Balaban J connectivity index is 1.84. The second-order valence-electron chi connectivity index (χ2n) is 6.56. The molecule has 0 spiro atoms. The van der Waals surface area contributed by atoms with E-state index in [2.05, 4.69) is 36.2 Å². The van der Waals surface area contributed by atoms with Gasteiger partial charge in [-0.05, 0) is 24.8 Å². The Labute approximate surface area is 115 Å². The zero-order chi connectivity index (χ0) is 13.9. The molecule has 19 heavy (non-hydrogen) atoms. The highest BCUT2D eigenvalue weighted by Gasteiger charge is 2.21. The maximum absolute atomic E-state index is 5.08. The molecule has 1 aromatic rings. The summed E-state index contributed by atoms with van der Waals surface area (Å²) in [5.41, 5.74) is 0.395. The predicted octanol–water partition coefficient (Wildman–Crippen LogP) is 1.77. The van der Waals surface area contributed by atoms with Gasteiger partial charge < -0.3 is 10.1 Å². The smallest absolute Gasteiger partial charge is 0.176 e. The summed E-state index contributed by atoms with van der Waals surface area (Å²) in [4.78, 5) is 4.49. The number of aromatic nitrogens is 3. The summed E-state index contributed by atoms with van der Waals surface area (Å²) in [5, 5.41) is 8.13. The summed E-state index contributed by atoms with van der Waals surface area (Å²) in [6, 6.07) is 0.520. The molecule has 0 unspecified atom stereocenters. The van der Waals surface area contributed by atoms with Crippen LogP contribution in [0, 0.1) is 5.41 Å². The van der Waals surface area contributed by atoms with Crippen molar-refractivity contribution in [1.29, 1.82) is 0 Å². The van der Waals surface area contributed by atoms with Gasteiger partial charge in [0.25, 0.3) is 0 Å². The lowest BCUT2D eigenvalue weighted by Crippen LogP contribution is -2.39. The van der Waals surface area contributed by atoms with Crippen LogP contribution >= 0.6 is 0 Å². The van der Waals surface area contributed by atoms with Gasteiger partial charge in [0, 0.05) is 19.6 Å². The van der Waals surface area contributed by atoms with Crippen molar-refractivity contribution in [2.45, 2.75) is 59.2 Å².